The Balaban J connectivity index is 1.26. The minimum Gasteiger partial charge on any atom is -0.322 e. The number of nitrogens with zero attached hydrogens (tertiary/aromatic N) is 4. The largest absolute Gasteiger partial charge is 0.322 e. The van der Waals surface area contributed by atoms with Crippen molar-refractivity contribution in [2.24, 2.45) is 0 Å². The van der Waals surface area contributed by atoms with E-state index in [4.69, 9.17) is 4.98 Å². The molecule has 1 N–H and O–H groups in total. The van der Waals surface area contributed by atoms with Gasteiger partial charge < -0.3 is 5.32 Å². The fourth-order valence-electron chi connectivity index (χ4n) is 4.49. The monoisotopic (exact) mass is 445 g/mol. The zero-order chi connectivity index (χ0) is 22.1. The lowest BCUT2D eigenvalue weighted by Gasteiger charge is -2.31. The average Bonchev–Trinajstić information content (AvgIpc) is 3.36. The van der Waals surface area contributed by atoms with Gasteiger partial charge in [-0.3, -0.25) is 9.69 Å². The average molecular weight is 446 g/mol. The summed E-state index contributed by atoms with van der Waals surface area (Å²) in [5.74, 6) is 0.395. The van der Waals surface area contributed by atoms with Gasteiger partial charge in [0.15, 0.2) is 0 Å². The first-order valence-electron chi connectivity index (χ1n) is 11.1. The Kier molecular flexibility index (Phi) is 5.76. The van der Waals surface area contributed by atoms with Crippen LogP contribution in [0.2, 0.25) is 0 Å². The fourth-order valence-corrected chi connectivity index (χ4v) is 5.58. The highest BCUT2D eigenvalue weighted by molar-refractivity contribution is 7.18. The summed E-state index contributed by atoms with van der Waals surface area (Å²) in [6.07, 6.45) is 2.21. The normalized spacial score (nSPS) is 17.0. The lowest BCUT2D eigenvalue weighted by Crippen LogP contribution is -2.39. The maximum absolute atomic E-state index is 12.9. The van der Waals surface area contributed by atoms with E-state index < -0.39 is 0 Å². The van der Waals surface area contributed by atoms with Gasteiger partial charge in [-0.05, 0) is 57.5 Å². The first kappa shape index (κ1) is 20.8. The van der Waals surface area contributed by atoms with Crippen LogP contribution in [0.4, 0.5) is 5.69 Å². The number of rotatable bonds is 5. The number of thiazole rings is 1. The standard InChI is InChI=1S/C25H27N5OS/c1-17-24(18(2)30(28-17)20-10-4-3-5-11-20)27-23(31)16-29-14-8-9-19(15-29)25-26-21-12-6-7-13-22(21)32-25/h3-7,10-13,19H,8-9,14-16H2,1-2H3,(H,27,31). The fraction of sp³-hybridized carbons (Fsp3) is 0.320. The third-order valence-corrected chi connectivity index (χ3v) is 7.29. The van der Waals surface area contributed by atoms with Crippen molar-refractivity contribution in [2.45, 2.75) is 32.6 Å². The summed E-state index contributed by atoms with van der Waals surface area (Å²) in [6, 6.07) is 18.3. The molecule has 0 spiro atoms. The first-order chi connectivity index (χ1) is 15.6. The van der Waals surface area contributed by atoms with Gasteiger partial charge in [0.2, 0.25) is 5.91 Å². The van der Waals surface area contributed by atoms with Crippen LogP contribution >= 0.6 is 11.3 Å². The molecular formula is C25H27N5OS. The molecule has 1 amide bonds. The van der Waals surface area contributed by atoms with E-state index in [2.05, 4.69) is 33.5 Å². The first-order valence-corrected chi connectivity index (χ1v) is 11.9. The molecule has 1 aliphatic rings. The predicted octanol–water partition coefficient (Wildman–Crippen LogP) is 4.92. The second kappa shape index (κ2) is 8.84. The molecule has 1 saturated heterocycles. The van der Waals surface area contributed by atoms with E-state index >= 15 is 0 Å². The Hall–Kier alpha value is -3.03. The number of aryl methyl sites for hydroxylation is 1. The molecular weight excluding hydrogens is 418 g/mol. The molecule has 3 heterocycles. The van der Waals surface area contributed by atoms with Crippen molar-refractivity contribution in [1.82, 2.24) is 19.7 Å². The number of anilines is 1. The van der Waals surface area contributed by atoms with Crippen LogP contribution < -0.4 is 5.32 Å². The second-order valence-corrected chi connectivity index (χ2v) is 9.50. The van der Waals surface area contributed by atoms with E-state index in [0.717, 1.165) is 54.2 Å². The van der Waals surface area contributed by atoms with Gasteiger partial charge in [-0.1, -0.05) is 30.3 Å². The highest BCUT2D eigenvalue weighted by Crippen LogP contribution is 2.33. The summed E-state index contributed by atoms with van der Waals surface area (Å²) in [5, 5.41) is 8.94. The molecule has 1 aliphatic heterocycles. The number of fused-ring (bicyclic) bond motifs is 1. The third kappa shape index (κ3) is 4.18. The van der Waals surface area contributed by atoms with Gasteiger partial charge >= 0.3 is 0 Å². The smallest absolute Gasteiger partial charge is 0.238 e. The van der Waals surface area contributed by atoms with Crippen LogP contribution in [-0.2, 0) is 4.79 Å². The van der Waals surface area contributed by atoms with Crippen molar-refractivity contribution >= 4 is 33.1 Å². The van der Waals surface area contributed by atoms with Crippen LogP contribution in [-0.4, -0.2) is 45.2 Å². The van der Waals surface area contributed by atoms with Crippen molar-refractivity contribution in [3.8, 4) is 5.69 Å². The van der Waals surface area contributed by atoms with Crippen LogP contribution in [0, 0.1) is 13.8 Å². The van der Waals surface area contributed by atoms with Crippen LogP contribution in [0.15, 0.2) is 54.6 Å². The molecule has 1 fully saturated rings. The molecule has 0 aliphatic carbocycles. The molecule has 1 unspecified atom stereocenters. The Morgan fingerprint density at radius 1 is 1.12 bits per heavy atom. The molecule has 0 bridgehead atoms. The van der Waals surface area contributed by atoms with E-state index in [1.165, 1.54) is 9.71 Å². The van der Waals surface area contributed by atoms with Crippen molar-refractivity contribution < 1.29 is 4.79 Å². The highest BCUT2D eigenvalue weighted by atomic mass is 32.1. The van der Waals surface area contributed by atoms with E-state index in [1.807, 2.05) is 54.9 Å². The highest BCUT2D eigenvalue weighted by Gasteiger charge is 2.26. The lowest BCUT2D eigenvalue weighted by atomic mass is 9.99. The summed E-state index contributed by atoms with van der Waals surface area (Å²) in [6.45, 7) is 6.13. The zero-order valence-corrected chi connectivity index (χ0v) is 19.2. The van der Waals surface area contributed by atoms with Gasteiger partial charge in [0.25, 0.3) is 0 Å². The van der Waals surface area contributed by atoms with E-state index in [-0.39, 0.29) is 5.91 Å². The maximum Gasteiger partial charge on any atom is 0.238 e. The topological polar surface area (TPSA) is 63.1 Å². The van der Waals surface area contributed by atoms with Crippen LogP contribution in [0.3, 0.4) is 0 Å². The van der Waals surface area contributed by atoms with Gasteiger partial charge in [-0.15, -0.1) is 11.3 Å². The Morgan fingerprint density at radius 2 is 1.91 bits per heavy atom. The number of amides is 1. The van der Waals surface area contributed by atoms with Crippen LogP contribution in [0.1, 0.15) is 35.2 Å². The molecule has 0 radical (unpaired) electrons. The summed E-state index contributed by atoms with van der Waals surface area (Å²) < 4.78 is 3.12. The number of hydrogen-bond acceptors (Lipinski definition) is 5. The van der Waals surface area contributed by atoms with Gasteiger partial charge in [0, 0.05) is 12.5 Å². The summed E-state index contributed by atoms with van der Waals surface area (Å²) in [5.41, 5.74) is 4.63. The number of para-hydroxylation sites is 2. The summed E-state index contributed by atoms with van der Waals surface area (Å²) >= 11 is 1.78. The number of piperidine rings is 1. The summed E-state index contributed by atoms with van der Waals surface area (Å²) in [4.78, 5) is 20.0. The van der Waals surface area contributed by atoms with Crippen molar-refractivity contribution in [3.63, 3.8) is 0 Å². The van der Waals surface area contributed by atoms with Gasteiger partial charge in [-0.2, -0.15) is 5.10 Å². The number of benzene rings is 2. The minimum atomic E-state index is 0.00811. The second-order valence-electron chi connectivity index (χ2n) is 8.44. The molecule has 6 nitrogen and oxygen atoms in total. The lowest BCUT2D eigenvalue weighted by molar-refractivity contribution is -0.117. The molecule has 0 saturated carbocycles. The molecule has 164 valence electrons. The third-order valence-electron chi connectivity index (χ3n) is 6.09. The molecule has 2 aromatic carbocycles. The van der Waals surface area contributed by atoms with Crippen molar-refractivity contribution in [3.05, 3.63) is 71.0 Å². The number of carbonyl (C=O) groups excluding carboxylic acids is 1. The van der Waals surface area contributed by atoms with Crippen LogP contribution in [0.25, 0.3) is 15.9 Å². The molecule has 4 aromatic rings. The SMILES string of the molecule is Cc1nn(-c2ccccc2)c(C)c1NC(=O)CN1CCCC(c2nc3ccccc3s2)C1. The van der Waals surface area contributed by atoms with E-state index in [1.54, 1.807) is 11.3 Å². The predicted molar refractivity (Wildman–Crippen MR) is 130 cm³/mol. The quantitative estimate of drug-likeness (QED) is 0.474. The molecule has 32 heavy (non-hydrogen) atoms. The van der Waals surface area contributed by atoms with E-state index in [9.17, 15) is 4.79 Å². The maximum atomic E-state index is 12.9. The number of aromatic nitrogens is 3. The molecule has 2 aromatic heterocycles. The van der Waals surface area contributed by atoms with Crippen LogP contribution in [0.5, 0.6) is 0 Å². The number of likely N-dealkylation sites (tertiary alicyclic amines) is 1. The van der Waals surface area contributed by atoms with Gasteiger partial charge in [-0.25, -0.2) is 9.67 Å². The molecule has 5 rings (SSSR count). The van der Waals surface area contributed by atoms with Gasteiger partial charge in [0.05, 0.1) is 44.5 Å². The molecule has 7 heteroatoms. The minimum absolute atomic E-state index is 0.00811. The number of hydrogen-bond donors (Lipinski definition) is 1. The Labute approximate surface area is 191 Å². The van der Waals surface area contributed by atoms with Crippen molar-refractivity contribution in [2.75, 3.05) is 25.0 Å². The number of carbonyl (C=O) groups is 1. The van der Waals surface area contributed by atoms with E-state index in [0.29, 0.717) is 12.5 Å². The summed E-state index contributed by atoms with van der Waals surface area (Å²) in [7, 11) is 0. The van der Waals surface area contributed by atoms with Gasteiger partial charge in [0.1, 0.15) is 0 Å². The van der Waals surface area contributed by atoms with Crippen molar-refractivity contribution in [1.29, 1.82) is 0 Å². The molecule has 1 atom stereocenters. The Bertz CT molecular complexity index is 1210. The Morgan fingerprint density at radius 3 is 2.72 bits per heavy atom. The zero-order valence-electron chi connectivity index (χ0n) is 18.4. The number of nitrogens with one attached hydrogen (secondary N) is 1.